The molecule has 1 aromatic heterocycles. The minimum Gasteiger partial charge on any atom is -0.393 e. The zero-order valence-electron chi connectivity index (χ0n) is 10.4. The van der Waals surface area contributed by atoms with E-state index in [0.717, 1.165) is 5.69 Å². The highest BCUT2D eigenvalue weighted by atomic mass is 16.1. The Labute approximate surface area is 101 Å². The van der Waals surface area contributed by atoms with Crippen LogP contribution in [0.25, 0.3) is 0 Å². The van der Waals surface area contributed by atoms with E-state index >= 15 is 0 Å². The van der Waals surface area contributed by atoms with Crippen LogP contribution in [-0.4, -0.2) is 9.78 Å². The van der Waals surface area contributed by atoms with Crippen molar-refractivity contribution in [1.29, 1.82) is 0 Å². The van der Waals surface area contributed by atoms with Crippen molar-refractivity contribution < 1.29 is 0 Å². The van der Waals surface area contributed by atoms with Crippen LogP contribution in [0, 0.1) is 5.92 Å². The van der Waals surface area contributed by atoms with Crippen LogP contribution in [0.4, 0.5) is 5.69 Å². The van der Waals surface area contributed by atoms with E-state index in [1.807, 2.05) is 0 Å². The topological polar surface area (TPSA) is 63.8 Å². The van der Waals surface area contributed by atoms with Crippen molar-refractivity contribution in [3.8, 4) is 0 Å². The number of nitrogens with two attached hydrogens (primary N) is 1. The average molecular weight is 235 g/mol. The molecule has 2 aliphatic carbocycles. The van der Waals surface area contributed by atoms with Gasteiger partial charge in [0.2, 0.25) is 0 Å². The molecule has 0 amide bonds. The second-order valence-corrected chi connectivity index (χ2v) is 5.67. The summed E-state index contributed by atoms with van der Waals surface area (Å²) in [7, 11) is 0. The Morgan fingerprint density at radius 1 is 1.29 bits per heavy atom. The number of aromatic nitrogens is 2. The smallest absolute Gasteiger partial charge is 0.290 e. The highest BCUT2D eigenvalue weighted by molar-refractivity contribution is 5.43. The lowest BCUT2D eigenvalue weighted by atomic mass is 10.0. The molecule has 1 heterocycles. The van der Waals surface area contributed by atoms with Crippen molar-refractivity contribution in [3.63, 3.8) is 0 Å². The monoisotopic (exact) mass is 235 g/mol. The van der Waals surface area contributed by atoms with Gasteiger partial charge in [-0.15, -0.1) is 0 Å². The van der Waals surface area contributed by atoms with Crippen LogP contribution in [0.1, 0.15) is 63.1 Å². The van der Waals surface area contributed by atoms with Gasteiger partial charge in [-0.2, -0.15) is 0 Å². The van der Waals surface area contributed by atoms with Crippen molar-refractivity contribution in [1.82, 2.24) is 9.78 Å². The normalized spacial score (nSPS) is 23.1. The molecular formula is C13H21N3O. The Bertz CT molecular complexity index is 463. The molecule has 4 nitrogen and oxygen atoms in total. The summed E-state index contributed by atoms with van der Waals surface area (Å²) in [5.41, 5.74) is 7.43. The molecular weight excluding hydrogens is 214 g/mol. The molecule has 0 spiro atoms. The molecule has 3 rings (SSSR count). The molecule has 94 valence electrons. The Morgan fingerprint density at radius 3 is 2.53 bits per heavy atom. The molecule has 1 unspecified atom stereocenters. The Hall–Kier alpha value is -1.19. The molecule has 17 heavy (non-hydrogen) atoms. The number of nitrogens with zero attached hydrogens (tertiary/aromatic N) is 1. The molecule has 0 radical (unpaired) electrons. The summed E-state index contributed by atoms with van der Waals surface area (Å²) in [5, 5.41) is 3.29. The van der Waals surface area contributed by atoms with E-state index in [2.05, 4.69) is 12.0 Å². The summed E-state index contributed by atoms with van der Waals surface area (Å²) in [5.74, 6) is 1.15. The van der Waals surface area contributed by atoms with E-state index in [-0.39, 0.29) is 11.6 Å². The van der Waals surface area contributed by atoms with E-state index < -0.39 is 0 Å². The third-order valence-corrected chi connectivity index (χ3v) is 4.46. The first-order chi connectivity index (χ1) is 8.18. The van der Waals surface area contributed by atoms with Gasteiger partial charge in [0.15, 0.2) is 0 Å². The highest BCUT2D eigenvalue weighted by Gasteiger charge is 2.32. The van der Waals surface area contributed by atoms with Gasteiger partial charge in [0.05, 0.1) is 11.7 Å². The van der Waals surface area contributed by atoms with Crippen molar-refractivity contribution in [2.24, 2.45) is 5.92 Å². The molecule has 0 bridgehead atoms. The lowest BCUT2D eigenvalue weighted by Gasteiger charge is -2.11. The first kappa shape index (κ1) is 10.9. The second-order valence-electron chi connectivity index (χ2n) is 5.67. The molecule has 0 aromatic carbocycles. The van der Waals surface area contributed by atoms with Crippen LogP contribution in [0.15, 0.2) is 4.79 Å². The van der Waals surface area contributed by atoms with Crippen LogP contribution >= 0.6 is 0 Å². The predicted octanol–water partition coefficient (Wildman–Crippen LogP) is 2.39. The Balaban J connectivity index is 1.94. The first-order valence-electron chi connectivity index (χ1n) is 6.78. The van der Waals surface area contributed by atoms with E-state index in [4.69, 9.17) is 5.73 Å². The van der Waals surface area contributed by atoms with Crippen molar-refractivity contribution in [2.45, 2.75) is 57.4 Å². The minimum atomic E-state index is -0.00806. The largest absolute Gasteiger partial charge is 0.393 e. The Morgan fingerprint density at radius 2 is 1.94 bits per heavy atom. The maximum Gasteiger partial charge on any atom is 0.290 e. The fourth-order valence-corrected chi connectivity index (χ4v) is 3.09. The summed E-state index contributed by atoms with van der Waals surface area (Å²) < 4.78 is 1.76. The number of anilines is 1. The zero-order valence-corrected chi connectivity index (χ0v) is 10.4. The van der Waals surface area contributed by atoms with Crippen LogP contribution in [0.5, 0.6) is 0 Å². The van der Waals surface area contributed by atoms with Gasteiger partial charge >= 0.3 is 0 Å². The van der Waals surface area contributed by atoms with Gasteiger partial charge in [0, 0.05) is 5.92 Å². The third kappa shape index (κ3) is 1.79. The predicted molar refractivity (Wildman–Crippen MR) is 68.1 cm³/mol. The molecule has 2 aliphatic rings. The standard InChI is InChI=1S/C13H21N3O/c1-8(9-6-7-9)16-13(17)11(14)12(15-16)10-4-2-3-5-10/h8-10,15H,2-7,14H2,1H3. The number of aromatic amines is 1. The molecule has 4 heteroatoms. The van der Waals surface area contributed by atoms with Gasteiger partial charge in [-0.1, -0.05) is 12.8 Å². The molecule has 1 atom stereocenters. The second kappa shape index (κ2) is 3.93. The van der Waals surface area contributed by atoms with E-state index in [1.54, 1.807) is 4.68 Å². The van der Waals surface area contributed by atoms with Gasteiger partial charge in [0.25, 0.3) is 5.56 Å². The summed E-state index contributed by atoms with van der Waals surface area (Å²) in [6.45, 7) is 2.12. The number of nitrogen functional groups attached to an aromatic ring is 1. The highest BCUT2D eigenvalue weighted by Crippen LogP contribution is 2.40. The number of H-pyrrole nitrogens is 1. The van der Waals surface area contributed by atoms with Crippen LogP contribution < -0.4 is 11.3 Å². The van der Waals surface area contributed by atoms with Crippen LogP contribution in [0.3, 0.4) is 0 Å². The molecule has 2 fully saturated rings. The molecule has 1 aromatic rings. The number of nitrogens with one attached hydrogen (secondary N) is 1. The average Bonchev–Trinajstić information content (AvgIpc) is 2.96. The van der Waals surface area contributed by atoms with E-state index in [9.17, 15) is 4.79 Å². The third-order valence-electron chi connectivity index (χ3n) is 4.46. The summed E-state index contributed by atoms with van der Waals surface area (Å²) in [6.07, 6.45) is 7.34. The SMILES string of the molecule is CC(C1CC1)n1[nH]c(C2CCCC2)c(N)c1=O. The van der Waals surface area contributed by atoms with Crippen LogP contribution in [-0.2, 0) is 0 Å². The van der Waals surface area contributed by atoms with Crippen molar-refractivity contribution in [3.05, 3.63) is 16.0 Å². The summed E-state index contributed by atoms with van der Waals surface area (Å²) in [4.78, 5) is 12.1. The van der Waals surface area contributed by atoms with Gasteiger partial charge < -0.3 is 5.73 Å². The van der Waals surface area contributed by atoms with Gasteiger partial charge in [-0.3, -0.25) is 9.89 Å². The van der Waals surface area contributed by atoms with E-state index in [0.29, 0.717) is 17.5 Å². The lowest BCUT2D eigenvalue weighted by Crippen LogP contribution is -2.23. The summed E-state index contributed by atoms with van der Waals surface area (Å²) in [6, 6.07) is 0.278. The maximum absolute atomic E-state index is 12.1. The zero-order chi connectivity index (χ0) is 12.0. The Kier molecular flexibility index (Phi) is 2.53. The quantitative estimate of drug-likeness (QED) is 0.845. The van der Waals surface area contributed by atoms with Crippen LogP contribution in [0.2, 0.25) is 0 Å². The molecule has 3 N–H and O–H groups in total. The number of hydrogen-bond acceptors (Lipinski definition) is 2. The lowest BCUT2D eigenvalue weighted by molar-refractivity contribution is 0.423. The van der Waals surface area contributed by atoms with Crippen molar-refractivity contribution >= 4 is 5.69 Å². The number of hydrogen-bond donors (Lipinski definition) is 2. The van der Waals surface area contributed by atoms with E-state index in [1.165, 1.54) is 38.5 Å². The number of rotatable bonds is 3. The van der Waals surface area contributed by atoms with Gasteiger partial charge in [-0.05, 0) is 38.5 Å². The molecule has 2 saturated carbocycles. The summed E-state index contributed by atoms with van der Waals surface area (Å²) >= 11 is 0. The minimum absolute atomic E-state index is 0.00806. The molecule has 0 aliphatic heterocycles. The van der Waals surface area contributed by atoms with Gasteiger partial charge in [-0.25, -0.2) is 4.68 Å². The molecule has 0 saturated heterocycles. The first-order valence-corrected chi connectivity index (χ1v) is 6.78. The fraction of sp³-hybridized carbons (Fsp3) is 0.769. The maximum atomic E-state index is 12.1. The fourth-order valence-electron chi connectivity index (χ4n) is 3.09. The van der Waals surface area contributed by atoms with Gasteiger partial charge in [0.1, 0.15) is 5.69 Å². The van der Waals surface area contributed by atoms with Crippen molar-refractivity contribution in [2.75, 3.05) is 5.73 Å².